The first-order valence-corrected chi connectivity index (χ1v) is 8.73. The van der Waals surface area contributed by atoms with E-state index >= 15 is 0 Å². The Labute approximate surface area is 153 Å². The third kappa shape index (κ3) is 4.51. The molecular formula is C21H22N2O3. The molecular weight excluding hydrogens is 328 g/mol. The summed E-state index contributed by atoms with van der Waals surface area (Å²) in [5.74, 6) is -0.366. The van der Waals surface area contributed by atoms with Crippen LogP contribution in [0.5, 0.6) is 0 Å². The lowest BCUT2D eigenvalue weighted by Gasteiger charge is -2.29. The van der Waals surface area contributed by atoms with Gasteiger partial charge >= 0.3 is 12.0 Å². The summed E-state index contributed by atoms with van der Waals surface area (Å²) in [6.07, 6.45) is 3.95. The highest BCUT2D eigenvalue weighted by Gasteiger charge is 2.20. The number of urea groups is 1. The van der Waals surface area contributed by atoms with Gasteiger partial charge in [0.2, 0.25) is 0 Å². The van der Waals surface area contributed by atoms with E-state index in [4.69, 9.17) is 4.74 Å². The molecule has 2 aromatic carbocycles. The third-order valence-corrected chi connectivity index (χ3v) is 4.28. The second-order valence-electron chi connectivity index (χ2n) is 6.08. The zero-order valence-electron chi connectivity index (χ0n) is 14.8. The highest BCUT2D eigenvalue weighted by molar-refractivity contribution is 5.90. The van der Waals surface area contributed by atoms with Crippen molar-refractivity contribution in [3.8, 4) is 0 Å². The summed E-state index contributed by atoms with van der Waals surface area (Å²) in [4.78, 5) is 25.6. The first kappa shape index (κ1) is 17.7. The Balaban J connectivity index is 1.57. The van der Waals surface area contributed by atoms with Gasteiger partial charge in [0, 0.05) is 24.9 Å². The zero-order valence-corrected chi connectivity index (χ0v) is 14.8. The number of ether oxygens (including phenoxy) is 1. The number of carbonyl (C=O) groups excluding carboxylic acids is 2. The standard InChI is InChI=1S/C21H22N2O3/c1-2-26-20(24)12-9-16-7-10-19(11-8-16)22-21(25)23-14-13-17-5-3-4-6-18(17)15-23/h3-12H,2,13-15H2,1H3,(H,22,25)/b12-9+. The zero-order chi connectivity index (χ0) is 18.4. The van der Waals surface area contributed by atoms with Crippen molar-refractivity contribution in [2.45, 2.75) is 19.9 Å². The molecule has 134 valence electrons. The normalized spacial score (nSPS) is 13.3. The lowest BCUT2D eigenvalue weighted by Crippen LogP contribution is -2.38. The molecule has 3 rings (SSSR count). The summed E-state index contributed by atoms with van der Waals surface area (Å²) in [7, 11) is 0. The van der Waals surface area contributed by atoms with Crippen molar-refractivity contribution in [3.63, 3.8) is 0 Å². The van der Waals surface area contributed by atoms with Crippen LogP contribution in [-0.2, 0) is 22.5 Å². The van der Waals surface area contributed by atoms with Crippen molar-refractivity contribution < 1.29 is 14.3 Å². The molecule has 0 saturated heterocycles. The number of fused-ring (bicyclic) bond motifs is 1. The summed E-state index contributed by atoms with van der Waals surface area (Å²) < 4.78 is 4.84. The van der Waals surface area contributed by atoms with Crippen LogP contribution in [0.4, 0.5) is 10.5 Å². The SMILES string of the molecule is CCOC(=O)/C=C/c1ccc(NC(=O)N2CCc3ccccc3C2)cc1. The number of amides is 2. The van der Waals surface area contributed by atoms with E-state index in [1.807, 2.05) is 41.3 Å². The average molecular weight is 350 g/mol. The quantitative estimate of drug-likeness (QED) is 0.673. The smallest absolute Gasteiger partial charge is 0.330 e. The van der Waals surface area contributed by atoms with E-state index in [1.54, 1.807) is 13.0 Å². The maximum atomic E-state index is 12.5. The lowest BCUT2D eigenvalue weighted by molar-refractivity contribution is -0.137. The molecule has 1 heterocycles. The predicted octanol–water partition coefficient (Wildman–Crippen LogP) is 3.85. The summed E-state index contributed by atoms with van der Waals surface area (Å²) in [5, 5.41) is 2.93. The van der Waals surface area contributed by atoms with Gasteiger partial charge < -0.3 is 15.0 Å². The first-order valence-electron chi connectivity index (χ1n) is 8.73. The van der Waals surface area contributed by atoms with Crippen LogP contribution >= 0.6 is 0 Å². The number of nitrogens with zero attached hydrogens (tertiary/aromatic N) is 1. The Morgan fingerprint density at radius 2 is 1.85 bits per heavy atom. The molecule has 26 heavy (non-hydrogen) atoms. The highest BCUT2D eigenvalue weighted by Crippen LogP contribution is 2.19. The van der Waals surface area contributed by atoms with E-state index in [0.29, 0.717) is 19.7 Å². The molecule has 0 fully saturated rings. The van der Waals surface area contributed by atoms with Gasteiger partial charge in [0.15, 0.2) is 0 Å². The van der Waals surface area contributed by atoms with Gasteiger partial charge in [0.25, 0.3) is 0 Å². The number of carbonyl (C=O) groups is 2. The van der Waals surface area contributed by atoms with Gasteiger partial charge in [-0.2, -0.15) is 0 Å². The number of hydrogen-bond acceptors (Lipinski definition) is 3. The largest absolute Gasteiger partial charge is 0.463 e. The monoisotopic (exact) mass is 350 g/mol. The van der Waals surface area contributed by atoms with Crippen LogP contribution in [-0.4, -0.2) is 30.1 Å². The lowest BCUT2D eigenvalue weighted by atomic mass is 10.0. The van der Waals surface area contributed by atoms with Crippen LogP contribution in [0, 0.1) is 0 Å². The number of rotatable bonds is 4. The maximum Gasteiger partial charge on any atom is 0.330 e. The minimum atomic E-state index is -0.366. The molecule has 0 saturated carbocycles. The van der Waals surface area contributed by atoms with Gasteiger partial charge in [0.1, 0.15) is 0 Å². The number of esters is 1. The van der Waals surface area contributed by atoms with Crippen molar-refractivity contribution in [1.29, 1.82) is 0 Å². The van der Waals surface area contributed by atoms with Crippen LogP contribution in [0.2, 0.25) is 0 Å². The molecule has 0 bridgehead atoms. The van der Waals surface area contributed by atoms with Crippen molar-refractivity contribution in [2.24, 2.45) is 0 Å². The van der Waals surface area contributed by atoms with E-state index in [1.165, 1.54) is 17.2 Å². The van der Waals surface area contributed by atoms with Gasteiger partial charge in [-0.15, -0.1) is 0 Å². The number of nitrogens with one attached hydrogen (secondary N) is 1. The van der Waals surface area contributed by atoms with Crippen LogP contribution in [0.1, 0.15) is 23.6 Å². The fourth-order valence-electron chi connectivity index (χ4n) is 2.90. The molecule has 2 amide bonds. The Hall–Kier alpha value is -3.08. The number of hydrogen-bond donors (Lipinski definition) is 1. The molecule has 0 radical (unpaired) electrons. The third-order valence-electron chi connectivity index (χ3n) is 4.28. The Morgan fingerprint density at radius 1 is 1.12 bits per heavy atom. The van der Waals surface area contributed by atoms with Crippen molar-refractivity contribution in [1.82, 2.24) is 4.90 Å². The van der Waals surface area contributed by atoms with E-state index in [2.05, 4.69) is 17.4 Å². The number of benzene rings is 2. The van der Waals surface area contributed by atoms with Crippen LogP contribution in [0.25, 0.3) is 6.08 Å². The first-order chi connectivity index (χ1) is 12.7. The summed E-state index contributed by atoms with van der Waals surface area (Å²) >= 11 is 0. The fourth-order valence-corrected chi connectivity index (χ4v) is 2.90. The van der Waals surface area contributed by atoms with E-state index in [-0.39, 0.29) is 12.0 Å². The fraction of sp³-hybridized carbons (Fsp3) is 0.238. The number of anilines is 1. The molecule has 0 aromatic heterocycles. The summed E-state index contributed by atoms with van der Waals surface area (Å²) in [6.45, 7) is 3.46. The van der Waals surface area contributed by atoms with Gasteiger partial charge in [-0.25, -0.2) is 9.59 Å². The van der Waals surface area contributed by atoms with Gasteiger partial charge in [-0.05, 0) is 48.2 Å². The Morgan fingerprint density at radius 3 is 2.58 bits per heavy atom. The topological polar surface area (TPSA) is 58.6 Å². The van der Waals surface area contributed by atoms with Crippen molar-refractivity contribution in [3.05, 3.63) is 71.3 Å². The highest BCUT2D eigenvalue weighted by atomic mass is 16.5. The van der Waals surface area contributed by atoms with E-state index in [9.17, 15) is 9.59 Å². The van der Waals surface area contributed by atoms with Gasteiger partial charge in [0.05, 0.1) is 6.61 Å². The van der Waals surface area contributed by atoms with E-state index < -0.39 is 0 Å². The Bertz CT molecular complexity index is 812. The minimum Gasteiger partial charge on any atom is -0.463 e. The van der Waals surface area contributed by atoms with Crippen LogP contribution < -0.4 is 5.32 Å². The molecule has 0 atom stereocenters. The summed E-state index contributed by atoms with van der Waals surface area (Å²) in [5.41, 5.74) is 4.10. The second-order valence-corrected chi connectivity index (χ2v) is 6.08. The average Bonchev–Trinajstić information content (AvgIpc) is 2.67. The molecule has 1 N–H and O–H groups in total. The molecule has 1 aliphatic heterocycles. The molecule has 0 aliphatic carbocycles. The molecule has 5 nitrogen and oxygen atoms in total. The molecule has 1 aliphatic rings. The molecule has 0 unspecified atom stereocenters. The summed E-state index contributed by atoms with van der Waals surface area (Å²) in [6, 6.07) is 15.4. The van der Waals surface area contributed by atoms with Crippen LogP contribution in [0.15, 0.2) is 54.6 Å². The molecule has 2 aromatic rings. The second kappa shape index (κ2) is 8.34. The molecule has 5 heteroatoms. The maximum absolute atomic E-state index is 12.5. The predicted molar refractivity (Wildman–Crippen MR) is 102 cm³/mol. The Kier molecular flexibility index (Phi) is 5.69. The van der Waals surface area contributed by atoms with Crippen molar-refractivity contribution >= 4 is 23.8 Å². The van der Waals surface area contributed by atoms with Gasteiger partial charge in [-0.3, -0.25) is 0 Å². The van der Waals surface area contributed by atoms with Crippen molar-refractivity contribution in [2.75, 3.05) is 18.5 Å². The van der Waals surface area contributed by atoms with Gasteiger partial charge in [-0.1, -0.05) is 36.4 Å². The minimum absolute atomic E-state index is 0.102. The van der Waals surface area contributed by atoms with Crippen LogP contribution in [0.3, 0.4) is 0 Å². The van der Waals surface area contributed by atoms with E-state index in [0.717, 1.165) is 17.7 Å². The molecule has 0 spiro atoms.